The van der Waals surface area contributed by atoms with Crippen LogP contribution in [0, 0.1) is 0 Å². The Hall–Kier alpha value is -3.02. The van der Waals surface area contributed by atoms with Gasteiger partial charge in [0.1, 0.15) is 6.17 Å². The third-order valence-corrected chi connectivity index (χ3v) is 6.97. The van der Waals surface area contributed by atoms with Crippen LogP contribution in [0.3, 0.4) is 0 Å². The van der Waals surface area contributed by atoms with E-state index in [9.17, 15) is 4.79 Å². The minimum atomic E-state index is -0.187. The highest BCUT2D eigenvalue weighted by Gasteiger charge is 2.35. The zero-order chi connectivity index (χ0) is 22.8. The lowest BCUT2D eigenvalue weighted by Crippen LogP contribution is -2.55. The highest BCUT2D eigenvalue weighted by atomic mass is 35.5. The fourth-order valence-corrected chi connectivity index (χ4v) is 5.27. The van der Waals surface area contributed by atoms with E-state index in [-0.39, 0.29) is 18.1 Å². The van der Waals surface area contributed by atoms with E-state index < -0.39 is 0 Å². The van der Waals surface area contributed by atoms with Crippen LogP contribution in [0.5, 0.6) is 0 Å². The number of hydrogen-bond acceptors (Lipinski definition) is 4. The number of carbonyl (C=O) groups is 1. The Morgan fingerprint density at radius 2 is 1.52 bits per heavy atom. The molecule has 0 aliphatic carbocycles. The number of piperazine rings is 1. The smallest absolute Gasteiger partial charge is 0.255 e. The van der Waals surface area contributed by atoms with Crippen LogP contribution in [0.2, 0.25) is 5.02 Å². The molecule has 2 heterocycles. The van der Waals surface area contributed by atoms with Gasteiger partial charge in [-0.25, -0.2) is 0 Å². The summed E-state index contributed by atoms with van der Waals surface area (Å²) in [4.78, 5) is 20.1. The first-order chi connectivity index (χ1) is 16.1. The number of nitrogens with zero attached hydrogens (tertiary/aromatic N) is 3. The van der Waals surface area contributed by atoms with Gasteiger partial charge in [0.25, 0.3) is 5.91 Å². The first kappa shape index (κ1) is 21.8. The Balaban J connectivity index is 1.34. The van der Waals surface area contributed by atoms with Crippen LogP contribution in [0.15, 0.2) is 78.9 Å². The zero-order valence-electron chi connectivity index (χ0n) is 18.8. The molecule has 170 valence electrons. The van der Waals surface area contributed by atoms with E-state index in [1.54, 1.807) is 0 Å². The van der Waals surface area contributed by atoms with Crippen molar-refractivity contribution in [2.45, 2.75) is 19.1 Å². The van der Waals surface area contributed by atoms with Gasteiger partial charge >= 0.3 is 0 Å². The number of carbonyl (C=O) groups excluding carboxylic acids is 1. The maximum atomic E-state index is 12.9. The van der Waals surface area contributed by atoms with Gasteiger partial charge in [-0.2, -0.15) is 0 Å². The molecule has 5 rings (SSSR count). The van der Waals surface area contributed by atoms with Crippen molar-refractivity contribution in [3.05, 3.63) is 95.0 Å². The quantitative estimate of drug-likeness (QED) is 0.593. The minimum Gasteiger partial charge on any atom is -0.368 e. The van der Waals surface area contributed by atoms with Crippen molar-refractivity contribution in [2.24, 2.45) is 0 Å². The van der Waals surface area contributed by atoms with Crippen molar-refractivity contribution in [2.75, 3.05) is 42.5 Å². The van der Waals surface area contributed by atoms with Crippen molar-refractivity contribution in [3.63, 3.8) is 0 Å². The summed E-state index contributed by atoms with van der Waals surface area (Å²) < 4.78 is 0. The van der Waals surface area contributed by atoms with Crippen LogP contribution in [-0.4, -0.2) is 49.6 Å². The fraction of sp³-hybridized carbons (Fsp3) is 0.296. The van der Waals surface area contributed by atoms with Gasteiger partial charge in [-0.1, -0.05) is 66.2 Å². The number of rotatable bonds is 5. The molecule has 0 spiro atoms. The number of anilines is 2. The second-order valence-corrected chi connectivity index (χ2v) is 9.21. The predicted molar refractivity (Wildman–Crippen MR) is 135 cm³/mol. The SMILES string of the molecule is CC(CN1CCN(c2ccccc2Cl)CC1)N1c2ccccc2C(=O)NC1c1ccccc1. The molecule has 3 aromatic carbocycles. The van der Waals surface area contributed by atoms with Gasteiger partial charge in [-0.3, -0.25) is 9.69 Å². The molecular formula is C27H29ClN4O. The average molecular weight is 461 g/mol. The number of para-hydroxylation sites is 2. The maximum Gasteiger partial charge on any atom is 0.255 e. The molecule has 1 saturated heterocycles. The van der Waals surface area contributed by atoms with Gasteiger partial charge in [0.15, 0.2) is 0 Å². The zero-order valence-corrected chi connectivity index (χ0v) is 19.6. The Kier molecular flexibility index (Phi) is 6.25. The van der Waals surface area contributed by atoms with E-state index in [4.69, 9.17) is 11.6 Å². The van der Waals surface area contributed by atoms with E-state index in [2.05, 4.69) is 51.2 Å². The van der Waals surface area contributed by atoms with Gasteiger partial charge < -0.3 is 15.1 Å². The Morgan fingerprint density at radius 1 is 0.879 bits per heavy atom. The van der Waals surface area contributed by atoms with Crippen molar-refractivity contribution in [1.29, 1.82) is 0 Å². The second-order valence-electron chi connectivity index (χ2n) is 8.80. The third kappa shape index (κ3) is 4.43. The van der Waals surface area contributed by atoms with Gasteiger partial charge in [-0.05, 0) is 36.8 Å². The van der Waals surface area contributed by atoms with Crippen LogP contribution >= 0.6 is 11.6 Å². The molecule has 33 heavy (non-hydrogen) atoms. The molecule has 0 aromatic heterocycles. The first-order valence-electron chi connectivity index (χ1n) is 11.6. The van der Waals surface area contributed by atoms with Crippen LogP contribution < -0.4 is 15.1 Å². The van der Waals surface area contributed by atoms with Crippen molar-refractivity contribution < 1.29 is 4.79 Å². The molecule has 1 N–H and O–H groups in total. The fourth-order valence-electron chi connectivity index (χ4n) is 5.01. The number of hydrogen-bond donors (Lipinski definition) is 1. The monoisotopic (exact) mass is 460 g/mol. The van der Waals surface area contributed by atoms with Crippen LogP contribution in [0.25, 0.3) is 0 Å². The van der Waals surface area contributed by atoms with E-state index in [0.29, 0.717) is 0 Å². The molecule has 6 heteroatoms. The molecule has 0 bridgehead atoms. The molecular weight excluding hydrogens is 432 g/mol. The molecule has 5 nitrogen and oxygen atoms in total. The second kappa shape index (κ2) is 9.46. The summed E-state index contributed by atoms with van der Waals surface area (Å²) >= 11 is 6.42. The lowest BCUT2D eigenvalue weighted by atomic mass is 10.0. The molecule has 2 aliphatic rings. The highest BCUT2D eigenvalue weighted by molar-refractivity contribution is 6.33. The lowest BCUT2D eigenvalue weighted by molar-refractivity contribution is 0.0922. The standard InChI is InChI=1S/C27H29ClN4O/c1-20(19-30-15-17-31(18-16-30)25-14-8-6-12-23(25)28)32-24-13-7-5-11-22(24)27(33)29-26(32)21-9-3-2-4-10-21/h2-14,20,26H,15-19H2,1H3,(H,29,33). The number of halogens is 1. The molecule has 3 aromatic rings. The largest absolute Gasteiger partial charge is 0.368 e. The molecule has 2 atom stereocenters. The Morgan fingerprint density at radius 3 is 2.24 bits per heavy atom. The van der Waals surface area contributed by atoms with Crippen LogP contribution in [-0.2, 0) is 0 Å². The van der Waals surface area contributed by atoms with Gasteiger partial charge in [-0.15, -0.1) is 0 Å². The van der Waals surface area contributed by atoms with Gasteiger partial charge in [0.2, 0.25) is 0 Å². The number of amides is 1. The predicted octanol–water partition coefficient (Wildman–Crippen LogP) is 4.80. The Bertz CT molecular complexity index is 1110. The number of fused-ring (bicyclic) bond motifs is 1. The molecule has 2 aliphatic heterocycles. The van der Waals surface area contributed by atoms with E-state index in [1.165, 1.54) is 0 Å². The van der Waals surface area contributed by atoms with Crippen LogP contribution in [0.4, 0.5) is 11.4 Å². The minimum absolute atomic E-state index is 0.0174. The summed E-state index contributed by atoms with van der Waals surface area (Å²) in [5.74, 6) is -0.0174. The van der Waals surface area contributed by atoms with E-state index in [0.717, 1.165) is 60.2 Å². The summed E-state index contributed by atoms with van der Waals surface area (Å²) in [5.41, 5.74) is 3.94. The molecule has 1 amide bonds. The normalized spacial score (nSPS) is 19.7. The molecule has 0 radical (unpaired) electrons. The topological polar surface area (TPSA) is 38.8 Å². The maximum absolute atomic E-state index is 12.9. The molecule has 2 unspecified atom stereocenters. The summed E-state index contributed by atoms with van der Waals surface area (Å²) in [5, 5.41) is 4.05. The molecule has 1 fully saturated rings. The lowest BCUT2D eigenvalue weighted by Gasteiger charge is -2.45. The summed E-state index contributed by atoms with van der Waals surface area (Å²) in [6.45, 7) is 7.03. The van der Waals surface area contributed by atoms with E-state index >= 15 is 0 Å². The van der Waals surface area contributed by atoms with E-state index in [1.807, 2.05) is 54.6 Å². The number of benzene rings is 3. The van der Waals surface area contributed by atoms with Crippen LogP contribution in [0.1, 0.15) is 29.0 Å². The summed E-state index contributed by atoms with van der Waals surface area (Å²) in [7, 11) is 0. The molecule has 0 saturated carbocycles. The Labute approximate surface area is 200 Å². The van der Waals surface area contributed by atoms with Crippen molar-refractivity contribution in [3.8, 4) is 0 Å². The highest BCUT2D eigenvalue weighted by Crippen LogP contribution is 2.35. The average Bonchev–Trinajstić information content (AvgIpc) is 2.85. The number of nitrogens with one attached hydrogen (secondary N) is 1. The van der Waals surface area contributed by atoms with Crippen molar-refractivity contribution >= 4 is 28.9 Å². The first-order valence-corrected chi connectivity index (χ1v) is 11.9. The van der Waals surface area contributed by atoms with Gasteiger partial charge in [0.05, 0.1) is 22.0 Å². The third-order valence-electron chi connectivity index (χ3n) is 6.65. The van der Waals surface area contributed by atoms with Crippen molar-refractivity contribution in [1.82, 2.24) is 10.2 Å². The summed E-state index contributed by atoms with van der Waals surface area (Å²) in [6.07, 6.45) is -0.187. The summed E-state index contributed by atoms with van der Waals surface area (Å²) in [6, 6.07) is 26.4. The van der Waals surface area contributed by atoms with Gasteiger partial charge in [0, 0.05) is 38.8 Å².